The topological polar surface area (TPSA) is 167 Å². The number of nitriles is 1. The zero-order chi connectivity index (χ0) is 31.0. The van der Waals surface area contributed by atoms with Crippen LogP contribution in [0, 0.1) is 17.2 Å². The van der Waals surface area contributed by atoms with Crippen LogP contribution in [0.25, 0.3) is 10.9 Å². The molecule has 42 heavy (non-hydrogen) atoms. The largest absolute Gasteiger partial charge is 0.480 e. The number of carboxylic acids is 1. The molecule has 1 aliphatic rings. The summed E-state index contributed by atoms with van der Waals surface area (Å²) < 4.78 is 0. The first-order chi connectivity index (χ1) is 20.0. The molecule has 0 saturated carbocycles. The van der Waals surface area contributed by atoms with Crippen molar-refractivity contribution >= 4 is 34.7 Å². The fourth-order valence-corrected chi connectivity index (χ4v) is 5.68. The summed E-state index contributed by atoms with van der Waals surface area (Å²) in [6.07, 6.45) is 4.34. The van der Waals surface area contributed by atoms with Gasteiger partial charge in [0.15, 0.2) is 0 Å². The number of nitrogens with zero attached hydrogens (tertiary/aromatic N) is 2. The van der Waals surface area contributed by atoms with E-state index in [-0.39, 0.29) is 42.6 Å². The highest BCUT2D eigenvalue weighted by Crippen LogP contribution is 2.25. The van der Waals surface area contributed by atoms with Gasteiger partial charge in [0.2, 0.25) is 11.8 Å². The normalized spacial score (nSPS) is 19.0. The van der Waals surface area contributed by atoms with Gasteiger partial charge in [-0.2, -0.15) is 5.26 Å². The molecular weight excluding hydrogens is 536 g/mol. The molecule has 0 spiro atoms. The first-order valence-electron chi connectivity index (χ1n) is 14.9. The Hall–Kier alpha value is -4.07. The maximum atomic E-state index is 13.7. The second-order valence-corrected chi connectivity index (χ2v) is 11.7. The molecule has 0 unspecified atom stereocenters. The van der Waals surface area contributed by atoms with E-state index in [9.17, 15) is 29.5 Å². The highest BCUT2D eigenvalue weighted by Gasteiger charge is 2.35. The van der Waals surface area contributed by atoms with Crippen molar-refractivity contribution in [3.8, 4) is 6.07 Å². The van der Waals surface area contributed by atoms with Gasteiger partial charge in [-0.05, 0) is 57.1 Å². The van der Waals surface area contributed by atoms with Crippen molar-refractivity contribution in [1.29, 1.82) is 5.26 Å². The summed E-state index contributed by atoms with van der Waals surface area (Å²) in [7, 11) is 0. The molecule has 3 rings (SSSR count). The Kier molecular flexibility index (Phi) is 11.4. The van der Waals surface area contributed by atoms with E-state index in [2.05, 4.69) is 27.0 Å². The molecule has 11 nitrogen and oxygen atoms in total. The molecule has 0 bridgehead atoms. The van der Waals surface area contributed by atoms with Gasteiger partial charge in [0.1, 0.15) is 29.9 Å². The van der Waals surface area contributed by atoms with Gasteiger partial charge in [-0.3, -0.25) is 9.59 Å². The Morgan fingerprint density at radius 1 is 1.05 bits per heavy atom. The molecule has 1 fully saturated rings. The molecule has 4 amide bonds. The Morgan fingerprint density at radius 2 is 1.69 bits per heavy atom. The molecule has 5 atom stereocenters. The van der Waals surface area contributed by atoms with E-state index < -0.39 is 35.9 Å². The molecular formula is C31H44N6O5. The Bertz CT molecular complexity index is 1300. The van der Waals surface area contributed by atoms with Gasteiger partial charge in [-0.1, -0.05) is 51.8 Å². The summed E-state index contributed by atoms with van der Waals surface area (Å²) in [6, 6.07) is 5.85. The molecule has 228 valence electrons. The minimum absolute atomic E-state index is 0.0329. The van der Waals surface area contributed by atoms with Gasteiger partial charge in [0.05, 0.1) is 0 Å². The second-order valence-electron chi connectivity index (χ2n) is 11.7. The van der Waals surface area contributed by atoms with Gasteiger partial charge in [-0.15, -0.1) is 0 Å². The number of aromatic nitrogens is 1. The third-order valence-electron chi connectivity index (χ3n) is 8.08. The minimum Gasteiger partial charge on any atom is -0.480 e. The lowest BCUT2D eigenvalue weighted by molar-refractivity contribution is -0.142. The maximum absolute atomic E-state index is 13.7. The zero-order valence-corrected chi connectivity index (χ0v) is 25.2. The first-order valence-corrected chi connectivity index (χ1v) is 14.9. The molecule has 2 aromatic rings. The number of benzene rings is 1. The standard InChI is InChI=1S/C31H44N6O5/c1-6-7-14-24(30(40)41)34-28(38)25(16-22-21-13-8-9-15-23(21)33-26(22)17-32)35-29(39)27(18(2)3)36-31(42)37-19(4)11-10-12-20(37)5/h8-9,13,15,18-20,24-25,27,33H,6-7,10-12,14,16H2,1-5H3,(H,34,38)(H,35,39)(H,36,42)(H,40,41)/t19-,20+,24-,25+,27-/m0/s1. The smallest absolute Gasteiger partial charge is 0.326 e. The van der Waals surface area contributed by atoms with Crippen molar-refractivity contribution in [2.24, 2.45) is 5.92 Å². The van der Waals surface area contributed by atoms with Gasteiger partial charge in [-0.25, -0.2) is 9.59 Å². The number of hydrogen-bond donors (Lipinski definition) is 5. The summed E-state index contributed by atoms with van der Waals surface area (Å²) in [4.78, 5) is 57.3. The third-order valence-corrected chi connectivity index (χ3v) is 8.08. The lowest BCUT2D eigenvalue weighted by atomic mass is 9.97. The average molecular weight is 581 g/mol. The van der Waals surface area contributed by atoms with Crippen molar-refractivity contribution in [3.05, 3.63) is 35.5 Å². The first kappa shape index (κ1) is 32.4. The summed E-state index contributed by atoms with van der Waals surface area (Å²) >= 11 is 0. The van der Waals surface area contributed by atoms with E-state index in [1.807, 2.05) is 45.0 Å². The Morgan fingerprint density at radius 3 is 2.29 bits per heavy atom. The molecule has 1 aliphatic heterocycles. The number of piperidine rings is 1. The minimum atomic E-state index is -1.20. The Balaban J connectivity index is 1.90. The lowest BCUT2D eigenvalue weighted by Gasteiger charge is -2.40. The molecule has 5 N–H and O–H groups in total. The molecule has 1 aromatic heterocycles. The van der Waals surface area contributed by atoms with Crippen LogP contribution in [-0.2, 0) is 20.8 Å². The number of carboxylic acid groups (broad SMARTS) is 1. The number of para-hydroxylation sites is 1. The van der Waals surface area contributed by atoms with Gasteiger partial charge in [0, 0.05) is 29.4 Å². The number of unbranched alkanes of at least 4 members (excludes halogenated alkanes) is 1. The number of amides is 4. The number of hydrogen-bond acceptors (Lipinski definition) is 5. The predicted octanol–water partition coefficient (Wildman–Crippen LogP) is 3.82. The number of carbonyl (C=O) groups is 4. The molecule has 0 aliphatic carbocycles. The van der Waals surface area contributed by atoms with Gasteiger partial charge >= 0.3 is 12.0 Å². The van der Waals surface area contributed by atoms with E-state index in [1.165, 1.54) is 0 Å². The third kappa shape index (κ3) is 7.81. The number of likely N-dealkylation sites (tertiary alicyclic amines) is 1. The van der Waals surface area contributed by atoms with Crippen LogP contribution in [0.3, 0.4) is 0 Å². The fourth-order valence-electron chi connectivity index (χ4n) is 5.68. The average Bonchev–Trinajstić information content (AvgIpc) is 3.30. The van der Waals surface area contributed by atoms with E-state index >= 15 is 0 Å². The van der Waals surface area contributed by atoms with Crippen LogP contribution < -0.4 is 16.0 Å². The summed E-state index contributed by atoms with van der Waals surface area (Å²) in [5.74, 6) is -2.70. The zero-order valence-electron chi connectivity index (χ0n) is 25.2. The summed E-state index contributed by atoms with van der Waals surface area (Å²) in [5.41, 5.74) is 1.50. The van der Waals surface area contributed by atoms with E-state index in [4.69, 9.17) is 0 Å². The molecule has 2 heterocycles. The van der Waals surface area contributed by atoms with Gasteiger partial charge < -0.3 is 30.9 Å². The summed E-state index contributed by atoms with van der Waals surface area (Å²) in [6.45, 7) is 9.52. The quantitative estimate of drug-likeness (QED) is 0.256. The van der Waals surface area contributed by atoms with Crippen LogP contribution in [0.1, 0.15) is 84.4 Å². The number of aromatic amines is 1. The van der Waals surface area contributed by atoms with Crippen LogP contribution in [0.5, 0.6) is 0 Å². The molecule has 1 aromatic carbocycles. The number of urea groups is 1. The van der Waals surface area contributed by atoms with Crippen LogP contribution in [0.2, 0.25) is 0 Å². The highest BCUT2D eigenvalue weighted by atomic mass is 16.4. The van der Waals surface area contributed by atoms with Crippen LogP contribution in [0.4, 0.5) is 4.79 Å². The predicted molar refractivity (Wildman–Crippen MR) is 160 cm³/mol. The molecule has 1 saturated heterocycles. The van der Waals surface area contributed by atoms with Crippen LogP contribution in [0.15, 0.2) is 24.3 Å². The number of aliphatic carboxylic acids is 1. The van der Waals surface area contributed by atoms with E-state index in [0.717, 1.165) is 31.1 Å². The fraction of sp³-hybridized carbons (Fsp3) is 0.581. The number of rotatable bonds is 12. The van der Waals surface area contributed by atoms with Crippen molar-refractivity contribution < 1.29 is 24.3 Å². The number of nitrogens with one attached hydrogen (secondary N) is 4. The van der Waals surface area contributed by atoms with Crippen molar-refractivity contribution in [2.75, 3.05) is 0 Å². The van der Waals surface area contributed by atoms with Crippen LogP contribution in [-0.4, -0.2) is 69.0 Å². The second kappa shape index (κ2) is 14.7. The van der Waals surface area contributed by atoms with E-state index in [0.29, 0.717) is 17.5 Å². The molecule has 0 radical (unpaired) electrons. The van der Waals surface area contributed by atoms with Crippen molar-refractivity contribution in [3.63, 3.8) is 0 Å². The number of fused-ring (bicyclic) bond motifs is 1. The SMILES string of the molecule is CCCC[C@H](NC(=O)[C@@H](Cc1c(C#N)[nH]c2ccccc12)NC(=O)[C@@H](NC(=O)N1[C@H](C)CCC[C@@H]1C)C(C)C)C(=O)O. The number of carbonyl (C=O) groups excluding carboxylic acids is 3. The number of H-pyrrole nitrogens is 1. The summed E-state index contributed by atoms with van der Waals surface area (Å²) in [5, 5.41) is 28.5. The highest BCUT2D eigenvalue weighted by molar-refractivity contribution is 5.94. The Labute approximate surface area is 247 Å². The van der Waals surface area contributed by atoms with Gasteiger partial charge in [0.25, 0.3) is 0 Å². The molecule has 11 heteroatoms. The maximum Gasteiger partial charge on any atom is 0.326 e. The van der Waals surface area contributed by atoms with Crippen molar-refractivity contribution in [2.45, 2.75) is 110 Å². The lowest BCUT2D eigenvalue weighted by Crippen LogP contribution is -2.60. The van der Waals surface area contributed by atoms with E-state index in [1.54, 1.807) is 18.7 Å². The van der Waals surface area contributed by atoms with Crippen molar-refractivity contribution in [1.82, 2.24) is 25.8 Å². The monoisotopic (exact) mass is 580 g/mol. The van der Waals surface area contributed by atoms with Crippen LogP contribution >= 0.6 is 0 Å².